The maximum absolute atomic E-state index is 11.9. The highest BCUT2D eigenvalue weighted by molar-refractivity contribution is 5.95. The fraction of sp³-hybridized carbons (Fsp3) is 0.320. The fourth-order valence-corrected chi connectivity index (χ4v) is 2.86. The minimum atomic E-state index is -0.150. The first kappa shape index (κ1) is 25.6. The van der Waals surface area contributed by atoms with Gasteiger partial charge in [0.15, 0.2) is 0 Å². The average Bonchev–Trinajstić information content (AvgIpc) is 2.86. The molecule has 8 nitrogen and oxygen atoms in total. The second kappa shape index (κ2) is 15.2. The molecular formula is C25H34N6O2. The van der Waals surface area contributed by atoms with Gasteiger partial charge >= 0.3 is 0 Å². The number of carbonyl (C=O) groups is 1. The van der Waals surface area contributed by atoms with E-state index >= 15 is 0 Å². The van der Waals surface area contributed by atoms with Crippen molar-refractivity contribution in [3.63, 3.8) is 0 Å². The van der Waals surface area contributed by atoms with E-state index in [9.17, 15) is 4.79 Å². The van der Waals surface area contributed by atoms with Crippen molar-refractivity contribution < 1.29 is 9.53 Å². The second-order valence-electron chi connectivity index (χ2n) is 7.16. The molecule has 0 unspecified atom stereocenters. The summed E-state index contributed by atoms with van der Waals surface area (Å²) in [5.41, 5.74) is 8.23. The number of carbonyl (C=O) groups excluding carboxylic acids is 1. The summed E-state index contributed by atoms with van der Waals surface area (Å²) in [6.45, 7) is 4.94. The predicted molar refractivity (Wildman–Crippen MR) is 134 cm³/mol. The number of nitrogens with two attached hydrogens (primary N) is 1. The number of rotatable bonds is 11. The van der Waals surface area contributed by atoms with Gasteiger partial charge in [-0.2, -0.15) is 0 Å². The van der Waals surface area contributed by atoms with Crippen molar-refractivity contribution >= 4 is 17.4 Å². The molecule has 8 heteroatoms. The standard InChI is InChI=1S/C19H28N6O2.C6H6/c1-3-22-19(26)15-11-16(18(20)25-13-15)23-9-4-8-21-10-7-14-5-6-17(27-2)24-12-14;1-2-4-6-5-3-1/h5-6,11-13,21,23H,3-4,7-10H2,1-2H3,(H2,20,25)(H,22,26);1-6H. The number of aromatic nitrogens is 2. The summed E-state index contributed by atoms with van der Waals surface area (Å²) in [6, 6.07) is 17.6. The van der Waals surface area contributed by atoms with Gasteiger partial charge in [-0.25, -0.2) is 9.97 Å². The smallest absolute Gasteiger partial charge is 0.252 e. The van der Waals surface area contributed by atoms with Gasteiger partial charge in [0.2, 0.25) is 5.88 Å². The molecule has 0 saturated heterocycles. The molecule has 0 aliphatic heterocycles. The Labute approximate surface area is 196 Å². The maximum atomic E-state index is 11.9. The molecule has 0 bridgehead atoms. The van der Waals surface area contributed by atoms with E-state index in [2.05, 4.69) is 25.9 Å². The third-order valence-electron chi connectivity index (χ3n) is 4.63. The summed E-state index contributed by atoms with van der Waals surface area (Å²) >= 11 is 0. The molecule has 0 atom stereocenters. The van der Waals surface area contributed by atoms with Gasteiger partial charge in [0.05, 0.1) is 18.4 Å². The van der Waals surface area contributed by atoms with Crippen LogP contribution in [-0.4, -0.2) is 49.2 Å². The number of nitrogens with one attached hydrogen (secondary N) is 3. The number of benzene rings is 1. The van der Waals surface area contributed by atoms with Crippen molar-refractivity contribution in [2.45, 2.75) is 19.8 Å². The lowest BCUT2D eigenvalue weighted by atomic mass is 10.2. The average molecular weight is 451 g/mol. The lowest BCUT2D eigenvalue weighted by molar-refractivity contribution is 0.0955. The number of nitrogen functional groups attached to an aromatic ring is 1. The van der Waals surface area contributed by atoms with E-state index < -0.39 is 0 Å². The molecule has 1 aromatic carbocycles. The summed E-state index contributed by atoms with van der Waals surface area (Å²) in [7, 11) is 1.61. The van der Waals surface area contributed by atoms with E-state index in [1.807, 2.05) is 61.7 Å². The van der Waals surface area contributed by atoms with Crippen molar-refractivity contribution in [3.05, 3.63) is 78.1 Å². The molecule has 33 heavy (non-hydrogen) atoms. The first-order valence-corrected chi connectivity index (χ1v) is 11.1. The Morgan fingerprint density at radius 3 is 2.33 bits per heavy atom. The Morgan fingerprint density at radius 1 is 1.00 bits per heavy atom. The van der Waals surface area contributed by atoms with Crippen LogP contribution in [0, 0.1) is 0 Å². The molecule has 2 aromatic heterocycles. The minimum Gasteiger partial charge on any atom is -0.481 e. The monoisotopic (exact) mass is 450 g/mol. The molecule has 1 amide bonds. The Kier molecular flexibility index (Phi) is 11.8. The zero-order valence-corrected chi connectivity index (χ0v) is 19.4. The summed E-state index contributed by atoms with van der Waals surface area (Å²) in [4.78, 5) is 20.1. The SMILES string of the molecule is CCNC(=O)c1cnc(N)c(NCCCNCCc2ccc(OC)nc2)c1.c1ccccc1. The van der Waals surface area contributed by atoms with E-state index in [1.165, 1.54) is 11.8 Å². The van der Waals surface area contributed by atoms with Gasteiger partial charge in [-0.15, -0.1) is 0 Å². The number of anilines is 2. The molecule has 0 saturated carbocycles. The Bertz CT molecular complexity index is 909. The van der Waals surface area contributed by atoms with Gasteiger partial charge in [-0.3, -0.25) is 4.79 Å². The van der Waals surface area contributed by atoms with E-state index in [0.717, 1.165) is 32.5 Å². The van der Waals surface area contributed by atoms with Gasteiger partial charge in [-0.05, 0) is 44.5 Å². The van der Waals surface area contributed by atoms with Crippen LogP contribution in [0.4, 0.5) is 11.5 Å². The Balaban J connectivity index is 0.000000554. The van der Waals surface area contributed by atoms with Gasteiger partial charge in [0.1, 0.15) is 5.82 Å². The van der Waals surface area contributed by atoms with Crippen LogP contribution in [0.25, 0.3) is 0 Å². The van der Waals surface area contributed by atoms with E-state index in [0.29, 0.717) is 29.5 Å². The quantitative estimate of drug-likeness (QED) is 0.332. The molecule has 0 spiro atoms. The second-order valence-corrected chi connectivity index (χ2v) is 7.16. The van der Waals surface area contributed by atoms with Crippen LogP contribution in [0.5, 0.6) is 5.88 Å². The number of hydrogen-bond donors (Lipinski definition) is 4. The summed E-state index contributed by atoms with van der Waals surface area (Å²) in [5, 5.41) is 9.39. The minimum absolute atomic E-state index is 0.150. The third-order valence-corrected chi connectivity index (χ3v) is 4.63. The molecule has 2 heterocycles. The van der Waals surface area contributed by atoms with Crippen LogP contribution in [0.1, 0.15) is 29.3 Å². The zero-order chi connectivity index (χ0) is 23.7. The van der Waals surface area contributed by atoms with Crippen molar-refractivity contribution in [2.75, 3.05) is 44.3 Å². The first-order valence-electron chi connectivity index (χ1n) is 11.1. The van der Waals surface area contributed by atoms with Crippen LogP contribution in [0.3, 0.4) is 0 Å². The molecule has 0 fully saturated rings. The molecule has 0 radical (unpaired) electrons. The Morgan fingerprint density at radius 2 is 1.73 bits per heavy atom. The van der Waals surface area contributed by atoms with Crippen LogP contribution in [-0.2, 0) is 6.42 Å². The van der Waals surface area contributed by atoms with E-state index in [1.54, 1.807) is 13.2 Å². The van der Waals surface area contributed by atoms with Gasteiger partial charge in [-0.1, -0.05) is 42.5 Å². The molecule has 5 N–H and O–H groups in total. The van der Waals surface area contributed by atoms with Gasteiger partial charge in [0.25, 0.3) is 5.91 Å². The van der Waals surface area contributed by atoms with Crippen LogP contribution < -0.4 is 26.4 Å². The summed E-state index contributed by atoms with van der Waals surface area (Å²) in [6.07, 6.45) is 5.15. The molecule has 3 rings (SSSR count). The highest BCUT2D eigenvalue weighted by atomic mass is 16.5. The van der Waals surface area contributed by atoms with Crippen molar-refractivity contribution in [3.8, 4) is 5.88 Å². The predicted octanol–water partition coefficient (Wildman–Crippen LogP) is 3.14. The van der Waals surface area contributed by atoms with Crippen molar-refractivity contribution in [1.29, 1.82) is 0 Å². The van der Waals surface area contributed by atoms with Crippen LogP contribution in [0.2, 0.25) is 0 Å². The van der Waals surface area contributed by atoms with Gasteiger partial charge in [0, 0.05) is 31.5 Å². The maximum Gasteiger partial charge on any atom is 0.252 e. The van der Waals surface area contributed by atoms with E-state index in [4.69, 9.17) is 10.5 Å². The number of ether oxygens (including phenoxy) is 1. The van der Waals surface area contributed by atoms with Crippen LogP contribution in [0.15, 0.2) is 67.0 Å². The lowest BCUT2D eigenvalue weighted by Gasteiger charge is -2.11. The number of hydrogen-bond acceptors (Lipinski definition) is 7. The number of amides is 1. The fourth-order valence-electron chi connectivity index (χ4n) is 2.86. The van der Waals surface area contributed by atoms with E-state index in [-0.39, 0.29) is 5.91 Å². The molecule has 176 valence electrons. The molecular weight excluding hydrogens is 416 g/mol. The molecule has 3 aromatic rings. The molecule has 0 aliphatic rings. The largest absolute Gasteiger partial charge is 0.481 e. The van der Waals surface area contributed by atoms with Crippen LogP contribution >= 0.6 is 0 Å². The zero-order valence-electron chi connectivity index (χ0n) is 19.4. The highest BCUT2D eigenvalue weighted by Gasteiger charge is 2.08. The number of nitrogens with zero attached hydrogens (tertiary/aromatic N) is 2. The summed E-state index contributed by atoms with van der Waals surface area (Å²) in [5.74, 6) is 0.869. The first-order chi connectivity index (χ1) is 16.1. The number of methoxy groups -OCH3 is 1. The normalized spacial score (nSPS) is 10.0. The van der Waals surface area contributed by atoms with Crippen molar-refractivity contribution in [2.24, 2.45) is 0 Å². The highest BCUT2D eigenvalue weighted by Crippen LogP contribution is 2.17. The van der Waals surface area contributed by atoms with Crippen molar-refractivity contribution in [1.82, 2.24) is 20.6 Å². The number of pyridine rings is 2. The lowest BCUT2D eigenvalue weighted by Crippen LogP contribution is -2.23. The topological polar surface area (TPSA) is 114 Å². The van der Waals surface area contributed by atoms with Gasteiger partial charge < -0.3 is 26.4 Å². The third kappa shape index (κ3) is 10.0. The Hall–Kier alpha value is -3.65. The summed E-state index contributed by atoms with van der Waals surface area (Å²) < 4.78 is 5.05. The molecule has 0 aliphatic carbocycles.